The summed E-state index contributed by atoms with van der Waals surface area (Å²) in [7, 11) is 0. The Kier molecular flexibility index (Phi) is 5.25. The van der Waals surface area contributed by atoms with E-state index in [1.807, 2.05) is 30.3 Å². The number of hydrogen-bond acceptors (Lipinski definition) is 5. The molecule has 5 nitrogen and oxygen atoms in total. The molecule has 0 unspecified atom stereocenters. The van der Waals surface area contributed by atoms with Gasteiger partial charge in [0, 0.05) is 29.3 Å². The van der Waals surface area contributed by atoms with Crippen LogP contribution in [0.4, 0.5) is 9.52 Å². The zero-order chi connectivity index (χ0) is 19.3. The fraction of sp³-hybridized carbons (Fsp3) is 0.0952. The molecule has 0 spiro atoms. The van der Waals surface area contributed by atoms with Gasteiger partial charge in [0.2, 0.25) is 5.91 Å². The largest absolute Gasteiger partial charge is 0.441 e. The minimum Gasteiger partial charge on any atom is -0.441 e. The van der Waals surface area contributed by atoms with E-state index >= 15 is 0 Å². The first kappa shape index (κ1) is 18.1. The number of rotatable bonds is 6. The van der Waals surface area contributed by atoms with Crippen LogP contribution in [0.15, 0.2) is 70.6 Å². The summed E-state index contributed by atoms with van der Waals surface area (Å²) in [5, 5.41) is 5.02. The number of hydrogen-bond donors (Lipinski definition) is 1. The van der Waals surface area contributed by atoms with Crippen molar-refractivity contribution >= 4 is 22.4 Å². The zero-order valence-electron chi connectivity index (χ0n) is 14.8. The number of halogens is 1. The van der Waals surface area contributed by atoms with E-state index in [1.165, 1.54) is 23.5 Å². The van der Waals surface area contributed by atoms with Gasteiger partial charge in [-0.2, -0.15) is 0 Å². The number of aryl methyl sites for hydroxylation is 1. The summed E-state index contributed by atoms with van der Waals surface area (Å²) in [6.07, 6.45) is 2.28. The maximum absolute atomic E-state index is 13.3. The summed E-state index contributed by atoms with van der Waals surface area (Å²) in [5.41, 5.74) is 2.24. The molecule has 0 saturated carbocycles. The minimum atomic E-state index is -0.322. The second kappa shape index (κ2) is 8.14. The molecule has 4 aromatic rings. The molecule has 0 radical (unpaired) electrons. The second-order valence-corrected chi connectivity index (χ2v) is 6.94. The lowest BCUT2D eigenvalue weighted by Gasteiger charge is -2.00. The van der Waals surface area contributed by atoms with Crippen LogP contribution in [0.3, 0.4) is 0 Å². The smallest absolute Gasteiger partial charge is 0.226 e. The minimum absolute atomic E-state index is 0.181. The normalized spacial score (nSPS) is 10.8. The lowest BCUT2D eigenvalue weighted by atomic mass is 10.2. The molecule has 0 aliphatic carbocycles. The summed E-state index contributed by atoms with van der Waals surface area (Å²) in [4.78, 5) is 20.8. The van der Waals surface area contributed by atoms with Crippen LogP contribution in [0.25, 0.3) is 22.6 Å². The third-order valence-corrected chi connectivity index (χ3v) is 4.81. The van der Waals surface area contributed by atoms with Gasteiger partial charge < -0.3 is 9.73 Å². The molecular formula is C21H16FN3O2S. The van der Waals surface area contributed by atoms with Crippen LogP contribution in [-0.4, -0.2) is 15.9 Å². The predicted molar refractivity (Wildman–Crippen MR) is 106 cm³/mol. The molecule has 0 atom stereocenters. The Morgan fingerprint density at radius 2 is 1.93 bits per heavy atom. The molecule has 2 aromatic heterocycles. The topological polar surface area (TPSA) is 68.0 Å². The Morgan fingerprint density at radius 3 is 2.75 bits per heavy atom. The molecule has 1 amide bonds. The number of anilines is 1. The highest BCUT2D eigenvalue weighted by molar-refractivity contribution is 7.14. The van der Waals surface area contributed by atoms with Crippen molar-refractivity contribution in [2.75, 3.05) is 5.32 Å². The van der Waals surface area contributed by atoms with Crippen molar-refractivity contribution in [3.63, 3.8) is 0 Å². The quantitative estimate of drug-likeness (QED) is 0.490. The molecule has 4 rings (SSSR count). The van der Waals surface area contributed by atoms with Gasteiger partial charge in [-0.1, -0.05) is 42.5 Å². The molecule has 28 heavy (non-hydrogen) atoms. The van der Waals surface area contributed by atoms with Gasteiger partial charge in [-0.15, -0.1) is 11.3 Å². The van der Waals surface area contributed by atoms with Crippen LogP contribution in [-0.2, 0) is 11.2 Å². The van der Waals surface area contributed by atoms with E-state index in [-0.39, 0.29) is 18.1 Å². The molecule has 1 N–H and O–H groups in total. The van der Waals surface area contributed by atoms with Gasteiger partial charge in [-0.05, 0) is 12.1 Å². The monoisotopic (exact) mass is 393 g/mol. The van der Waals surface area contributed by atoms with Crippen molar-refractivity contribution < 1.29 is 13.6 Å². The van der Waals surface area contributed by atoms with Crippen LogP contribution in [0.2, 0.25) is 0 Å². The van der Waals surface area contributed by atoms with Crippen molar-refractivity contribution in [3.8, 4) is 22.6 Å². The van der Waals surface area contributed by atoms with Crippen LogP contribution in [0, 0.1) is 5.82 Å². The summed E-state index contributed by atoms with van der Waals surface area (Å²) >= 11 is 1.30. The summed E-state index contributed by atoms with van der Waals surface area (Å²) in [6.45, 7) is 0. The predicted octanol–water partition coefficient (Wildman–Crippen LogP) is 5.18. The highest BCUT2D eigenvalue weighted by atomic mass is 32.1. The molecule has 0 aliphatic rings. The van der Waals surface area contributed by atoms with Crippen LogP contribution in [0.1, 0.15) is 12.3 Å². The van der Waals surface area contributed by atoms with Gasteiger partial charge in [-0.25, -0.2) is 14.4 Å². The fourth-order valence-corrected chi connectivity index (χ4v) is 3.41. The highest BCUT2D eigenvalue weighted by Crippen LogP contribution is 2.25. The first-order valence-electron chi connectivity index (χ1n) is 8.69. The molecule has 0 bridgehead atoms. The van der Waals surface area contributed by atoms with Gasteiger partial charge >= 0.3 is 0 Å². The summed E-state index contributed by atoms with van der Waals surface area (Å²) in [5.74, 6) is 0.681. The van der Waals surface area contributed by atoms with Gasteiger partial charge in [0.05, 0.1) is 11.9 Å². The van der Waals surface area contributed by atoms with E-state index < -0.39 is 0 Å². The SMILES string of the molecule is O=C(CCc1ncc(-c2ccccc2)o1)Nc1nc(-c2cccc(F)c2)cs1. The number of amides is 1. The molecule has 0 fully saturated rings. The number of aromatic nitrogens is 2. The molecule has 0 saturated heterocycles. The number of nitrogens with zero attached hydrogens (tertiary/aromatic N) is 2. The Hall–Kier alpha value is -3.32. The fourth-order valence-electron chi connectivity index (χ4n) is 2.68. The molecule has 0 aliphatic heterocycles. The molecule has 7 heteroatoms. The highest BCUT2D eigenvalue weighted by Gasteiger charge is 2.11. The second-order valence-electron chi connectivity index (χ2n) is 6.08. The van der Waals surface area contributed by atoms with E-state index in [0.717, 1.165) is 5.56 Å². The lowest BCUT2D eigenvalue weighted by molar-refractivity contribution is -0.116. The van der Waals surface area contributed by atoms with Gasteiger partial charge in [0.25, 0.3) is 0 Å². The Labute approximate surface area is 164 Å². The Morgan fingerprint density at radius 1 is 1.11 bits per heavy atom. The third kappa shape index (κ3) is 4.32. The Bertz CT molecular complexity index is 1090. The molecular weight excluding hydrogens is 377 g/mol. The molecule has 2 heterocycles. The number of carbonyl (C=O) groups is 1. The van der Waals surface area contributed by atoms with Crippen molar-refractivity contribution in [3.05, 3.63) is 77.9 Å². The maximum atomic E-state index is 13.3. The summed E-state index contributed by atoms with van der Waals surface area (Å²) in [6, 6.07) is 15.9. The number of oxazole rings is 1. The van der Waals surface area contributed by atoms with Crippen LogP contribution < -0.4 is 5.32 Å². The first-order valence-corrected chi connectivity index (χ1v) is 9.57. The standard InChI is InChI=1S/C21H16FN3O2S/c22-16-8-4-7-15(11-16)17-13-28-21(24-17)25-19(26)9-10-20-23-12-18(27-20)14-5-2-1-3-6-14/h1-8,11-13H,9-10H2,(H,24,25,26). The van der Waals surface area contributed by atoms with Gasteiger partial charge in [0.15, 0.2) is 16.8 Å². The van der Waals surface area contributed by atoms with Gasteiger partial charge in [0.1, 0.15) is 5.82 Å². The first-order chi connectivity index (χ1) is 13.7. The average molecular weight is 393 g/mol. The van der Waals surface area contributed by atoms with Crippen molar-refractivity contribution in [2.24, 2.45) is 0 Å². The summed E-state index contributed by atoms with van der Waals surface area (Å²) < 4.78 is 19.0. The van der Waals surface area contributed by atoms with Gasteiger partial charge in [-0.3, -0.25) is 4.79 Å². The number of nitrogens with one attached hydrogen (secondary N) is 1. The lowest BCUT2D eigenvalue weighted by Crippen LogP contribution is -2.12. The average Bonchev–Trinajstić information content (AvgIpc) is 3.37. The molecule has 140 valence electrons. The van der Waals surface area contributed by atoms with Crippen LogP contribution >= 0.6 is 11.3 Å². The number of carbonyl (C=O) groups excluding carboxylic acids is 1. The van der Waals surface area contributed by atoms with E-state index in [1.54, 1.807) is 23.7 Å². The van der Waals surface area contributed by atoms with Crippen molar-refractivity contribution in [1.29, 1.82) is 0 Å². The zero-order valence-corrected chi connectivity index (χ0v) is 15.6. The van der Waals surface area contributed by atoms with Crippen LogP contribution in [0.5, 0.6) is 0 Å². The Balaban J connectivity index is 1.34. The van der Waals surface area contributed by atoms with E-state index in [4.69, 9.17) is 4.42 Å². The van der Waals surface area contributed by atoms with E-state index in [9.17, 15) is 9.18 Å². The maximum Gasteiger partial charge on any atom is 0.226 e. The third-order valence-electron chi connectivity index (χ3n) is 4.05. The van der Waals surface area contributed by atoms with Crippen molar-refractivity contribution in [1.82, 2.24) is 9.97 Å². The number of thiazole rings is 1. The van der Waals surface area contributed by atoms with E-state index in [0.29, 0.717) is 34.5 Å². The van der Waals surface area contributed by atoms with Crippen molar-refractivity contribution in [2.45, 2.75) is 12.8 Å². The number of benzene rings is 2. The van der Waals surface area contributed by atoms with E-state index in [2.05, 4.69) is 15.3 Å². The molecule has 2 aromatic carbocycles.